The van der Waals surface area contributed by atoms with Crippen molar-refractivity contribution in [2.75, 3.05) is 45.5 Å². The van der Waals surface area contributed by atoms with Gasteiger partial charge < -0.3 is 50.3 Å². The zero-order valence-electron chi connectivity index (χ0n) is 67.5. The summed E-state index contributed by atoms with van der Waals surface area (Å²) in [5.41, 5.74) is 7.25. The summed E-state index contributed by atoms with van der Waals surface area (Å²) in [6.45, 7) is 16.9. The Hall–Kier alpha value is -7.77. The molecule has 3 aromatic heterocycles. The molecule has 2 amide bonds. The van der Waals surface area contributed by atoms with E-state index in [1.807, 2.05) is 164 Å². The zero-order chi connectivity index (χ0) is 84.9. The molecule has 119 heavy (non-hydrogen) atoms. The number of benzene rings is 7. The molecule has 620 valence electrons. The van der Waals surface area contributed by atoms with Crippen LogP contribution in [-0.4, -0.2) is 155 Å². The second-order valence-electron chi connectivity index (χ2n) is 29.0. The molecule has 35 heteroatoms. The molecular weight excluding hydrogens is 1840 g/mol. The van der Waals surface area contributed by atoms with Crippen molar-refractivity contribution < 1.29 is 234 Å². The minimum atomic E-state index is -6.04. The summed E-state index contributed by atoms with van der Waals surface area (Å²) >= 11 is 0. The summed E-state index contributed by atoms with van der Waals surface area (Å²) in [6.07, 6.45) is 12.6. The Morgan fingerprint density at radius 1 is 0.546 bits per heavy atom. The second kappa shape index (κ2) is 45.9. The van der Waals surface area contributed by atoms with Gasteiger partial charge in [-0.1, -0.05) is 97.9 Å². The first-order valence-electron chi connectivity index (χ1n) is 36.2. The molecule has 3 aliphatic rings. The molecule has 27 nitrogen and oxygen atoms in total. The number of H-pyrrole nitrogens is 1. The van der Waals surface area contributed by atoms with Crippen LogP contribution in [0.5, 0.6) is 0 Å². The fourth-order valence-corrected chi connectivity index (χ4v) is 15.6. The Balaban J connectivity index is 0.000000317. The van der Waals surface area contributed by atoms with Gasteiger partial charge in [0, 0.05) is 123 Å². The fourth-order valence-electron chi connectivity index (χ4n) is 12.8. The molecule has 0 spiro atoms. The minimum absolute atomic E-state index is 0. The number of rotatable bonds is 14. The van der Waals surface area contributed by atoms with Gasteiger partial charge in [-0.05, 0) is 184 Å². The Bertz CT molecular complexity index is 5700. The van der Waals surface area contributed by atoms with Crippen molar-refractivity contribution in [2.24, 2.45) is 0 Å². The van der Waals surface area contributed by atoms with Crippen LogP contribution in [-0.2, 0) is 57.3 Å². The van der Waals surface area contributed by atoms with Crippen LogP contribution in [0.1, 0.15) is 154 Å². The number of aromatic nitrogens is 3. The van der Waals surface area contributed by atoms with Crippen LogP contribution in [0.4, 0.5) is 22.8 Å². The molecule has 3 fully saturated rings. The number of hydrogen-bond acceptors (Lipinski definition) is 22. The van der Waals surface area contributed by atoms with Crippen molar-refractivity contribution in [3.63, 3.8) is 0 Å². The maximum atomic E-state index is 12.4. The average molecular weight is 1930 g/mol. The van der Waals surface area contributed by atoms with Crippen molar-refractivity contribution in [1.29, 1.82) is 15.8 Å². The summed E-state index contributed by atoms with van der Waals surface area (Å²) in [4.78, 5) is 75.8. The fraction of sp³-hybridized carbons (Fsp3) is 0.321. The molecule has 2 N–H and O–H groups in total. The van der Waals surface area contributed by atoms with Gasteiger partial charge in [0.15, 0.2) is 0 Å². The van der Waals surface area contributed by atoms with E-state index in [2.05, 4.69) is 58.6 Å². The Labute approximate surface area is 809 Å². The molecule has 6 heterocycles. The molecular formula is C84H90Cs2F3N9O18S3. The van der Waals surface area contributed by atoms with E-state index in [0.717, 1.165) is 129 Å². The molecule has 0 bridgehead atoms. The number of nitrogens with one attached hydrogen (secondary N) is 2. The monoisotopic (exact) mass is 1930 g/mol. The molecule has 0 radical (unpaired) electrons. The molecule has 0 unspecified atom stereocenters. The third-order valence-electron chi connectivity index (χ3n) is 18.2. The molecule has 10 aromatic rings. The standard InChI is InChI=1S/C26H27N3O3.C21H19N3O.C17H25NO5S.C16H10N2O.C2H3F3O5S2.CH2O3.CH4.2Cs.H/c1-26(2,3)32-25(31)28-11-9-21(10-12-28)29-16-23(20-6-4-5-18(13-20)15-27)22-8-7-19(17-30)14-24(22)29;22-12-15-2-1-3-17(10-15)20-13-24(18-6-8-23-9-7-18)21-11-16(14-25)4-5-19(20)21;1-13-5-7-15(8-6-13)24(20,21)23-14-9-11-18(12-10-14)16(19)22-17(2,3)4;17-8-11-2-1-3-13(6-11)15-9-18-16-7-12(10-19)4-5-14(15)16;1-11(6,7)10-12(8,9)2(3,4)5;2-1-4-3;;;;/h4-8,13-14,16-17,21H,9-12H2,1-3H3;1-5,10-11,13-14,18,23H,6-9H2;5-8,14H,9-12H2,1-4H3;1-7,9-10,18H;1H3;1,3H;1H4;;;/q;;;;;;;2*+1;-1/p-1. The number of nitriles is 3. The number of aromatic amines is 1. The molecule has 0 atom stereocenters. The summed E-state index contributed by atoms with van der Waals surface area (Å²) in [7, 11) is -14.5. The first-order valence-corrected chi connectivity index (χ1v) is 40.9. The number of carbonyl (C=O) groups is 6. The number of halogens is 3. The van der Waals surface area contributed by atoms with Crippen molar-refractivity contribution in [1.82, 2.24) is 29.2 Å². The van der Waals surface area contributed by atoms with Crippen molar-refractivity contribution >= 4 is 101 Å². The van der Waals surface area contributed by atoms with Gasteiger partial charge in [-0.25, -0.2) is 9.59 Å². The van der Waals surface area contributed by atoms with E-state index in [-0.39, 0.29) is 182 Å². The first kappa shape index (κ1) is 102. The summed E-state index contributed by atoms with van der Waals surface area (Å²) in [5.74, 6) is 0. The number of amides is 2. The number of aryl methyl sites for hydroxylation is 1. The number of carbonyl (C=O) groups excluding carboxylic acids is 6. The van der Waals surface area contributed by atoms with Gasteiger partial charge >= 0.3 is 166 Å². The second-order valence-corrected chi connectivity index (χ2v) is 33.9. The van der Waals surface area contributed by atoms with Gasteiger partial charge in [-0.15, -0.1) is 3.63 Å². The van der Waals surface area contributed by atoms with Crippen molar-refractivity contribution in [2.45, 2.75) is 134 Å². The quantitative estimate of drug-likeness (QED) is 0.0337. The number of aldehydes is 3. The topological polar surface area (TPSA) is 390 Å². The minimum Gasteiger partial charge on any atom is -1.00 e. The van der Waals surface area contributed by atoms with E-state index in [1.54, 1.807) is 52.3 Å². The number of likely N-dealkylation sites (tertiary alicyclic amines) is 2. The maximum absolute atomic E-state index is 12.4. The van der Waals surface area contributed by atoms with Gasteiger partial charge in [-0.3, -0.25) is 23.4 Å². The van der Waals surface area contributed by atoms with Gasteiger partial charge in [0.05, 0.1) is 52.2 Å². The Morgan fingerprint density at radius 2 is 0.933 bits per heavy atom. The first-order chi connectivity index (χ1) is 54.8. The molecule has 7 aromatic carbocycles. The number of fused-ring (bicyclic) bond motifs is 3. The molecule has 3 saturated heterocycles. The largest absolute Gasteiger partial charge is 1.00 e. The van der Waals surface area contributed by atoms with Crippen LogP contribution in [0, 0.1) is 40.9 Å². The summed E-state index contributed by atoms with van der Waals surface area (Å²) in [6, 6.07) is 53.6. The van der Waals surface area contributed by atoms with Crippen molar-refractivity contribution in [3.8, 4) is 51.6 Å². The number of piperidine rings is 3. The molecule has 0 aliphatic carbocycles. The van der Waals surface area contributed by atoms with Gasteiger partial charge in [0.25, 0.3) is 26.7 Å². The third kappa shape index (κ3) is 29.5. The van der Waals surface area contributed by atoms with E-state index >= 15 is 0 Å². The average Bonchev–Trinajstić information content (AvgIpc) is 1.62. The number of nitrogens with zero attached hydrogens (tertiary/aromatic N) is 7. The van der Waals surface area contributed by atoms with E-state index in [0.29, 0.717) is 78.4 Å². The third-order valence-corrected chi connectivity index (χ3v) is 21.8. The van der Waals surface area contributed by atoms with Crippen LogP contribution in [0.2, 0.25) is 0 Å². The van der Waals surface area contributed by atoms with E-state index < -0.39 is 53.2 Å². The van der Waals surface area contributed by atoms with Gasteiger partial charge in [-0.2, -0.15) is 54.2 Å². The normalized spacial score (nSPS) is 13.9. The van der Waals surface area contributed by atoms with Crippen LogP contribution in [0.3, 0.4) is 0 Å². The number of hydrogen-bond donors (Lipinski definition) is 2. The molecule has 13 rings (SSSR count). The van der Waals surface area contributed by atoms with Crippen molar-refractivity contribution in [3.05, 3.63) is 209 Å². The van der Waals surface area contributed by atoms with Gasteiger partial charge in [0.1, 0.15) is 30.1 Å². The smallest absolute Gasteiger partial charge is 1.00 e. The predicted octanol–water partition coefficient (Wildman–Crippen LogP) is 9.10. The van der Waals surface area contributed by atoms with E-state index in [9.17, 15) is 72.9 Å². The SMILES string of the molecule is C.CC(C)(C)OC(=O)N1CCC(n2cc(-c3cccc(C#N)c3)c3ccc(C=O)cc32)CC1.CS(=O)(=O)OS(=O)(=O)C(F)(F)F.Cc1ccc(S(=O)(=O)OC2CCN(C(=O)OC(C)(C)C)CC2)cc1.N#Cc1cccc(-c2c[nH]c3cc(C=O)ccc23)c1.N#Cc1cccc(-c2cn(C3CCNCC3)c3cc(C=O)ccc23)c1.O=CO[O-].[Cs+].[Cs+].[H-]. The zero-order valence-corrected chi connectivity index (χ0v) is 81.5. The summed E-state index contributed by atoms with van der Waals surface area (Å²) < 4.78 is 122. The van der Waals surface area contributed by atoms with Gasteiger partial charge in [0.2, 0.25) is 0 Å². The Morgan fingerprint density at radius 3 is 1.30 bits per heavy atom. The van der Waals surface area contributed by atoms with Crippen LogP contribution in [0.25, 0.3) is 66.1 Å². The van der Waals surface area contributed by atoms with E-state index in [1.165, 1.54) is 0 Å². The molecule has 0 saturated carbocycles. The van der Waals surface area contributed by atoms with Crippen LogP contribution >= 0.6 is 0 Å². The van der Waals surface area contributed by atoms with Crippen LogP contribution < -0.4 is 148 Å². The maximum Gasteiger partial charge on any atom is 1.00 e. The predicted molar refractivity (Wildman–Crippen MR) is 432 cm³/mol. The number of alkyl halides is 3. The van der Waals surface area contributed by atoms with E-state index in [4.69, 9.17) is 29.0 Å². The number of ether oxygens (including phenoxy) is 2. The Kier molecular flexibility index (Phi) is 39.3. The van der Waals surface area contributed by atoms with Crippen LogP contribution in [0.15, 0.2) is 175 Å². The molecule has 3 aliphatic heterocycles. The summed E-state index contributed by atoms with van der Waals surface area (Å²) in [5, 5.41) is 42.5.